The summed E-state index contributed by atoms with van der Waals surface area (Å²) in [6.45, 7) is 4.00. The van der Waals surface area contributed by atoms with Crippen LogP contribution in [0.4, 0.5) is 0 Å². The summed E-state index contributed by atoms with van der Waals surface area (Å²) < 4.78 is 6.11. The Balaban J connectivity index is 1.79. The predicted molar refractivity (Wildman–Crippen MR) is 76.8 cm³/mol. The lowest BCUT2D eigenvalue weighted by Crippen LogP contribution is -2.49. The van der Waals surface area contributed by atoms with Crippen LogP contribution < -0.4 is 5.32 Å². The number of hydrogen-bond acceptors (Lipinski definition) is 3. The van der Waals surface area contributed by atoms with Gasteiger partial charge in [0.05, 0.1) is 12.2 Å². The van der Waals surface area contributed by atoms with Crippen LogP contribution in [-0.4, -0.2) is 24.8 Å². The van der Waals surface area contributed by atoms with Crippen molar-refractivity contribution in [3.63, 3.8) is 0 Å². The average Bonchev–Trinajstić information content (AvgIpc) is 2.97. The first kappa shape index (κ1) is 14.8. The maximum Gasteiger partial charge on any atom is 0.109 e. The van der Waals surface area contributed by atoms with Crippen molar-refractivity contribution in [1.82, 2.24) is 5.32 Å². The molecule has 0 spiro atoms. The molecular weight excluding hydrogens is 236 g/mol. The van der Waals surface area contributed by atoms with Crippen molar-refractivity contribution >= 4 is 0 Å². The molecule has 0 aromatic heterocycles. The molecule has 2 saturated carbocycles. The zero-order chi connectivity index (χ0) is 13.6. The van der Waals surface area contributed by atoms with E-state index in [0.717, 1.165) is 51.2 Å². The van der Waals surface area contributed by atoms with E-state index in [9.17, 15) is 5.26 Å². The Morgan fingerprint density at radius 3 is 2.74 bits per heavy atom. The number of hydrogen-bond donors (Lipinski definition) is 1. The van der Waals surface area contributed by atoms with Gasteiger partial charge in [-0.3, -0.25) is 5.32 Å². The third kappa shape index (κ3) is 4.19. The molecule has 1 N–H and O–H groups in total. The van der Waals surface area contributed by atoms with E-state index in [1.807, 2.05) is 0 Å². The quantitative estimate of drug-likeness (QED) is 0.799. The summed E-state index contributed by atoms with van der Waals surface area (Å²) in [6, 6.07) is 2.52. The summed E-state index contributed by atoms with van der Waals surface area (Å²) in [7, 11) is 0. The Hall–Kier alpha value is -0.590. The van der Waals surface area contributed by atoms with Crippen molar-refractivity contribution in [1.29, 1.82) is 5.26 Å². The van der Waals surface area contributed by atoms with E-state index in [2.05, 4.69) is 18.3 Å². The van der Waals surface area contributed by atoms with Crippen LogP contribution in [0.5, 0.6) is 0 Å². The van der Waals surface area contributed by atoms with Crippen LogP contribution in [0.15, 0.2) is 0 Å². The highest BCUT2D eigenvalue weighted by atomic mass is 16.5. The highest BCUT2D eigenvalue weighted by molar-refractivity contribution is 5.10. The van der Waals surface area contributed by atoms with E-state index in [0.29, 0.717) is 6.10 Å². The molecule has 19 heavy (non-hydrogen) atoms. The van der Waals surface area contributed by atoms with Gasteiger partial charge in [0, 0.05) is 13.0 Å². The summed E-state index contributed by atoms with van der Waals surface area (Å²) in [4.78, 5) is 0. The van der Waals surface area contributed by atoms with E-state index < -0.39 is 0 Å². The molecule has 0 aromatic rings. The molecule has 0 saturated heterocycles. The zero-order valence-electron chi connectivity index (χ0n) is 12.3. The molecule has 2 aliphatic rings. The van der Waals surface area contributed by atoms with E-state index in [1.54, 1.807) is 0 Å². The van der Waals surface area contributed by atoms with Crippen molar-refractivity contribution in [3.8, 4) is 6.07 Å². The fourth-order valence-corrected chi connectivity index (χ4v) is 3.48. The van der Waals surface area contributed by atoms with Gasteiger partial charge in [-0.1, -0.05) is 19.8 Å². The lowest BCUT2D eigenvalue weighted by molar-refractivity contribution is -0.00743. The molecule has 0 radical (unpaired) electrons. The molecule has 0 heterocycles. The van der Waals surface area contributed by atoms with Crippen LogP contribution >= 0.6 is 0 Å². The van der Waals surface area contributed by atoms with Gasteiger partial charge in [0.15, 0.2) is 0 Å². The monoisotopic (exact) mass is 264 g/mol. The minimum atomic E-state index is -0.325. The summed E-state index contributed by atoms with van der Waals surface area (Å²) in [5.74, 6) is 0.780. The molecule has 2 rings (SSSR count). The Labute approximate surface area is 117 Å². The lowest BCUT2D eigenvalue weighted by atomic mass is 9.81. The Bertz CT molecular complexity index is 306. The maximum atomic E-state index is 9.50. The SMILES string of the molecule is CCCNC1(C#N)CCCC(OCC2CCCC2)C1. The first-order valence-electron chi connectivity index (χ1n) is 8.06. The third-order valence-electron chi connectivity index (χ3n) is 4.68. The van der Waals surface area contributed by atoms with Gasteiger partial charge in [-0.2, -0.15) is 5.26 Å². The summed E-state index contributed by atoms with van der Waals surface area (Å²) >= 11 is 0. The standard InChI is InChI=1S/C16H28N2O/c1-2-10-18-16(13-17)9-5-8-15(11-16)19-12-14-6-3-4-7-14/h14-15,18H,2-12H2,1H3. The normalized spacial score (nSPS) is 32.3. The van der Waals surface area contributed by atoms with Gasteiger partial charge in [0.1, 0.15) is 5.54 Å². The number of rotatable bonds is 6. The molecule has 108 valence electrons. The second kappa shape index (κ2) is 7.26. The van der Waals surface area contributed by atoms with Crippen LogP contribution in [0.3, 0.4) is 0 Å². The summed E-state index contributed by atoms with van der Waals surface area (Å²) in [6.07, 6.45) is 10.9. The van der Waals surface area contributed by atoms with Gasteiger partial charge in [-0.05, 0) is 51.0 Å². The molecule has 0 aromatic carbocycles. The largest absolute Gasteiger partial charge is 0.378 e. The minimum absolute atomic E-state index is 0.290. The lowest BCUT2D eigenvalue weighted by Gasteiger charge is -2.36. The molecule has 3 nitrogen and oxygen atoms in total. The molecule has 2 unspecified atom stereocenters. The van der Waals surface area contributed by atoms with E-state index in [-0.39, 0.29) is 5.54 Å². The number of nitrogens with zero attached hydrogens (tertiary/aromatic N) is 1. The fraction of sp³-hybridized carbons (Fsp3) is 0.938. The first-order chi connectivity index (χ1) is 9.28. The number of nitrogens with one attached hydrogen (secondary N) is 1. The van der Waals surface area contributed by atoms with Crippen LogP contribution in [-0.2, 0) is 4.74 Å². The molecule has 0 amide bonds. The second-order valence-electron chi connectivity index (χ2n) is 6.32. The van der Waals surface area contributed by atoms with Gasteiger partial charge in [0.2, 0.25) is 0 Å². The Morgan fingerprint density at radius 2 is 2.05 bits per heavy atom. The predicted octanol–water partition coefficient (Wildman–Crippen LogP) is 3.40. The Kier molecular flexibility index (Phi) is 5.66. The number of ether oxygens (including phenoxy) is 1. The van der Waals surface area contributed by atoms with E-state index in [4.69, 9.17) is 4.74 Å². The minimum Gasteiger partial charge on any atom is -0.378 e. The topological polar surface area (TPSA) is 45.0 Å². The average molecular weight is 264 g/mol. The van der Waals surface area contributed by atoms with Crippen molar-refractivity contribution < 1.29 is 4.74 Å². The molecular formula is C16H28N2O. The molecule has 2 aliphatic carbocycles. The van der Waals surface area contributed by atoms with Gasteiger partial charge in [0.25, 0.3) is 0 Å². The molecule has 0 bridgehead atoms. The molecule has 2 atom stereocenters. The van der Waals surface area contributed by atoms with Crippen LogP contribution in [0.2, 0.25) is 0 Å². The fourth-order valence-electron chi connectivity index (χ4n) is 3.48. The highest BCUT2D eigenvalue weighted by Gasteiger charge is 2.36. The van der Waals surface area contributed by atoms with Gasteiger partial charge in [-0.25, -0.2) is 0 Å². The second-order valence-corrected chi connectivity index (χ2v) is 6.32. The molecule has 2 fully saturated rings. The van der Waals surface area contributed by atoms with Crippen LogP contribution in [0, 0.1) is 17.2 Å². The van der Waals surface area contributed by atoms with Crippen molar-refractivity contribution in [2.24, 2.45) is 5.92 Å². The smallest absolute Gasteiger partial charge is 0.109 e. The summed E-state index contributed by atoms with van der Waals surface area (Å²) in [5, 5.41) is 12.9. The third-order valence-corrected chi connectivity index (χ3v) is 4.68. The van der Waals surface area contributed by atoms with Crippen molar-refractivity contribution in [2.45, 2.75) is 76.4 Å². The maximum absolute atomic E-state index is 9.50. The van der Waals surface area contributed by atoms with Gasteiger partial charge >= 0.3 is 0 Å². The number of nitriles is 1. The molecule has 0 aliphatic heterocycles. The van der Waals surface area contributed by atoms with Crippen molar-refractivity contribution in [3.05, 3.63) is 0 Å². The van der Waals surface area contributed by atoms with E-state index >= 15 is 0 Å². The van der Waals surface area contributed by atoms with Crippen LogP contribution in [0.1, 0.15) is 64.7 Å². The molecule has 3 heteroatoms. The van der Waals surface area contributed by atoms with Gasteiger partial charge < -0.3 is 4.74 Å². The highest BCUT2D eigenvalue weighted by Crippen LogP contribution is 2.31. The zero-order valence-corrected chi connectivity index (χ0v) is 12.3. The first-order valence-corrected chi connectivity index (χ1v) is 8.06. The van der Waals surface area contributed by atoms with Gasteiger partial charge in [-0.15, -0.1) is 0 Å². The van der Waals surface area contributed by atoms with Crippen LogP contribution in [0.25, 0.3) is 0 Å². The van der Waals surface area contributed by atoms with E-state index in [1.165, 1.54) is 25.7 Å². The van der Waals surface area contributed by atoms with Crippen molar-refractivity contribution in [2.75, 3.05) is 13.2 Å². The Morgan fingerprint density at radius 1 is 1.26 bits per heavy atom. The summed E-state index contributed by atoms with van der Waals surface area (Å²) in [5.41, 5.74) is -0.325.